The smallest absolute Gasteiger partial charge is 0.427 e. The van der Waals surface area contributed by atoms with Crippen LogP contribution >= 0.6 is 0 Å². The minimum absolute atomic E-state index is 0.0189. The third kappa shape index (κ3) is 9.25. The SMILES string of the molecule is CC(C)(C)OC(=O)N1[C@@]2(CNS1(=O)=O)O[C@H](COCc1ccccc1)[C@@H](OCc1ccccc1)[C@H](OCc1ccccc1)[C@H]2OCc1ccccc1. The summed E-state index contributed by atoms with van der Waals surface area (Å²) in [4.78, 5) is 14.0. The molecule has 0 unspecified atom stereocenters. The van der Waals surface area contributed by atoms with Gasteiger partial charge in [0, 0.05) is 0 Å². The molecule has 2 aliphatic heterocycles. The second-order valence-corrected chi connectivity index (χ2v) is 15.4. The molecule has 0 radical (unpaired) electrons. The maximum absolute atomic E-state index is 14.0. The fourth-order valence-corrected chi connectivity index (χ4v) is 7.70. The Morgan fingerprint density at radius 3 is 1.63 bits per heavy atom. The van der Waals surface area contributed by atoms with Gasteiger partial charge in [-0.3, -0.25) is 0 Å². The molecule has 4 aromatic carbocycles. The molecule has 2 heterocycles. The molecular formula is C40H46N2O9S. The number of nitrogens with zero attached hydrogens (tertiary/aromatic N) is 1. The van der Waals surface area contributed by atoms with E-state index < -0.39 is 52.0 Å². The van der Waals surface area contributed by atoms with E-state index in [-0.39, 0.29) is 39.6 Å². The van der Waals surface area contributed by atoms with Crippen LogP contribution in [0.1, 0.15) is 43.0 Å². The lowest BCUT2D eigenvalue weighted by molar-refractivity contribution is -0.324. The average molecular weight is 731 g/mol. The molecular weight excluding hydrogens is 685 g/mol. The van der Waals surface area contributed by atoms with Crippen LogP contribution in [0.25, 0.3) is 0 Å². The summed E-state index contributed by atoms with van der Waals surface area (Å²) in [6.07, 6.45) is -5.04. The van der Waals surface area contributed by atoms with Gasteiger partial charge in [-0.1, -0.05) is 121 Å². The molecule has 0 aromatic heterocycles. The predicted octanol–water partition coefficient (Wildman–Crippen LogP) is 6.14. The Balaban J connectivity index is 1.44. The van der Waals surface area contributed by atoms with E-state index in [2.05, 4.69) is 4.72 Å². The molecule has 2 saturated heterocycles. The van der Waals surface area contributed by atoms with Crippen LogP contribution in [0.2, 0.25) is 0 Å². The Labute approximate surface area is 305 Å². The minimum atomic E-state index is -4.47. The summed E-state index contributed by atoms with van der Waals surface area (Å²) in [6.45, 7) is 5.30. The van der Waals surface area contributed by atoms with Gasteiger partial charge in [0.15, 0.2) is 0 Å². The fourth-order valence-electron chi connectivity index (χ4n) is 6.33. The molecule has 4 aromatic rings. The molecule has 0 saturated carbocycles. The number of nitrogens with one attached hydrogen (secondary N) is 1. The number of carbonyl (C=O) groups is 1. The van der Waals surface area contributed by atoms with E-state index in [0.29, 0.717) is 4.31 Å². The van der Waals surface area contributed by atoms with Crippen molar-refractivity contribution in [3.05, 3.63) is 144 Å². The highest BCUT2D eigenvalue weighted by molar-refractivity contribution is 7.88. The van der Waals surface area contributed by atoms with Crippen molar-refractivity contribution in [1.29, 1.82) is 0 Å². The molecule has 276 valence electrons. The predicted molar refractivity (Wildman–Crippen MR) is 194 cm³/mol. The topological polar surface area (TPSA) is 122 Å². The molecule has 0 aliphatic carbocycles. The maximum Gasteiger partial charge on any atom is 0.427 e. The first kappa shape index (κ1) is 37.6. The van der Waals surface area contributed by atoms with Crippen LogP contribution in [0.5, 0.6) is 0 Å². The summed E-state index contributed by atoms with van der Waals surface area (Å²) < 4.78 is 69.8. The van der Waals surface area contributed by atoms with Crippen LogP contribution < -0.4 is 4.72 Å². The Morgan fingerprint density at radius 2 is 1.15 bits per heavy atom. The second-order valence-electron chi connectivity index (χ2n) is 13.8. The highest BCUT2D eigenvalue weighted by Gasteiger charge is 2.67. The first-order valence-electron chi connectivity index (χ1n) is 17.3. The van der Waals surface area contributed by atoms with Crippen molar-refractivity contribution >= 4 is 16.3 Å². The van der Waals surface area contributed by atoms with E-state index in [1.54, 1.807) is 20.8 Å². The third-order valence-electron chi connectivity index (χ3n) is 8.68. The van der Waals surface area contributed by atoms with E-state index in [9.17, 15) is 13.2 Å². The third-order valence-corrected chi connectivity index (χ3v) is 10.1. The van der Waals surface area contributed by atoms with Crippen molar-refractivity contribution < 1.29 is 41.6 Å². The van der Waals surface area contributed by atoms with Gasteiger partial charge in [-0.05, 0) is 43.0 Å². The molecule has 0 bridgehead atoms. The van der Waals surface area contributed by atoms with Gasteiger partial charge in [0.2, 0.25) is 5.72 Å². The van der Waals surface area contributed by atoms with Crippen LogP contribution in [0.3, 0.4) is 0 Å². The molecule has 1 amide bonds. The quantitative estimate of drug-likeness (QED) is 0.173. The van der Waals surface area contributed by atoms with Crippen LogP contribution in [-0.2, 0) is 65.1 Å². The summed E-state index contributed by atoms with van der Waals surface area (Å²) in [5.74, 6) is 0. The molecule has 1 N–H and O–H groups in total. The number of benzene rings is 4. The molecule has 2 aliphatic rings. The zero-order valence-electron chi connectivity index (χ0n) is 29.6. The van der Waals surface area contributed by atoms with Crippen LogP contribution in [-0.4, -0.2) is 67.7 Å². The average Bonchev–Trinajstić information content (AvgIpc) is 3.40. The van der Waals surface area contributed by atoms with E-state index in [4.69, 9.17) is 28.4 Å². The van der Waals surface area contributed by atoms with Gasteiger partial charge in [-0.15, -0.1) is 0 Å². The maximum atomic E-state index is 14.0. The number of ether oxygens (including phenoxy) is 6. The number of hydrogen-bond donors (Lipinski definition) is 1. The highest BCUT2D eigenvalue weighted by atomic mass is 32.2. The van der Waals surface area contributed by atoms with E-state index in [1.165, 1.54) is 0 Å². The second kappa shape index (κ2) is 16.7. The van der Waals surface area contributed by atoms with E-state index in [1.807, 2.05) is 121 Å². The van der Waals surface area contributed by atoms with Crippen LogP contribution in [0.15, 0.2) is 121 Å². The molecule has 11 nitrogen and oxygen atoms in total. The van der Waals surface area contributed by atoms with Crippen molar-refractivity contribution in [2.24, 2.45) is 0 Å². The normalized spacial score (nSPS) is 24.2. The minimum Gasteiger partial charge on any atom is -0.443 e. The van der Waals surface area contributed by atoms with Crippen LogP contribution in [0, 0.1) is 0 Å². The zero-order chi connectivity index (χ0) is 36.6. The molecule has 52 heavy (non-hydrogen) atoms. The highest BCUT2D eigenvalue weighted by Crippen LogP contribution is 2.43. The lowest BCUT2D eigenvalue weighted by atomic mass is 9.89. The number of hydrogen-bond acceptors (Lipinski definition) is 9. The largest absolute Gasteiger partial charge is 0.443 e. The monoisotopic (exact) mass is 730 g/mol. The first-order valence-corrected chi connectivity index (χ1v) is 18.8. The van der Waals surface area contributed by atoms with Crippen molar-refractivity contribution in [2.45, 2.75) is 82.9 Å². The molecule has 1 spiro atoms. The Hall–Kier alpha value is -4.14. The fraction of sp³-hybridized carbons (Fsp3) is 0.375. The molecule has 12 heteroatoms. The summed E-state index contributed by atoms with van der Waals surface area (Å²) in [7, 11) is -4.47. The number of rotatable bonds is 13. The van der Waals surface area contributed by atoms with Crippen molar-refractivity contribution in [1.82, 2.24) is 9.03 Å². The van der Waals surface area contributed by atoms with Gasteiger partial charge >= 0.3 is 16.3 Å². The van der Waals surface area contributed by atoms with Gasteiger partial charge in [0.25, 0.3) is 0 Å². The molecule has 2 fully saturated rings. The van der Waals surface area contributed by atoms with E-state index in [0.717, 1.165) is 22.3 Å². The number of amides is 1. The summed E-state index contributed by atoms with van der Waals surface area (Å²) in [5, 5.41) is 0. The Kier molecular flexibility index (Phi) is 12.1. The number of carbonyl (C=O) groups excluding carboxylic acids is 1. The zero-order valence-corrected chi connectivity index (χ0v) is 30.4. The van der Waals surface area contributed by atoms with Gasteiger partial charge < -0.3 is 28.4 Å². The van der Waals surface area contributed by atoms with Gasteiger partial charge in [-0.25, -0.2) is 4.79 Å². The first-order chi connectivity index (χ1) is 25.0. The summed E-state index contributed by atoms with van der Waals surface area (Å²) >= 11 is 0. The van der Waals surface area contributed by atoms with Crippen molar-refractivity contribution in [2.75, 3.05) is 13.2 Å². The molecule has 5 atom stereocenters. The molecule has 6 rings (SSSR count). The lowest BCUT2D eigenvalue weighted by Crippen LogP contribution is -2.73. The Bertz CT molecular complexity index is 1830. The van der Waals surface area contributed by atoms with Gasteiger partial charge in [-0.2, -0.15) is 17.4 Å². The van der Waals surface area contributed by atoms with Gasteiger partial charge in [0.05, 0.1) is 39.6 Å². The van der Waals surface area contributed by atoms with Gasteiger partial charge in [0.1, 0.15) is 30.0 Å². The lowest BCUT2D eigenvalue weighted by Gasteiger charge is -2.52. The Morgan fingerprint density at radius 1 is 0.712 bits per heavy atom. The van der Waals surface area contributed by atoms with Crippen molar-refractivity contribution in [3.8, 4) is 0 Å². The van der Waals surface area contributed by atoms with E-state index >= 15 is 0 Å². The van der Waals surface area contributed by atoms with Crippen LogP contribution in [0.4, 0.5) is 4.79 Å². The standard InChI is InChI=1S/C40H46N2O9S/c1-39(2,3)51-38(43)42-40(29-41-52(42,44)45)37(49-27-33-22-14-7-15-23-33)36(48-26-32-20-12-6-13-21-32)35(47-25-31-18-10-5-11-19-31)34(50-40)28-46-24-30-16-8-4-9-17-30/h4-23,34-37,41H,24-29H2,1-3H3/t34-,35-,36+,37-,40+/m1/s1. The van der Waals surface area contributed by atoms with Crippen molar-refractivity contribution in [3.63, 3.8) is 0 Å². The summed E-state index contributed by atoms with van der Waals surface area (Å²) in [5.41, 5.74) is 0.586. The summed E-state index contributed by atoms with van der Waals surface area (Å²) in [6, 6.07) is 38.4.